The van der Waals surface area contributed by atoms with Crippen molar-refractivity contribution in [1.29, 1.82) is 0 Å². The summed E-state index contributed by atoms with van der Waals surface area (Å²) in [7, 11) is 0. The van der Waals surface area contributed by atoms with E-state index >= 15 is 0 Å². The molecule has 3 rings (SSSR count). The molecule has 1 aliphatic heterocycles. The van der Waals surface area contributed by atoms with Gasteiger partial charge in [-0.1, -0.05) is 12.1 Å². The summed E-state index contributed by atoms with van der Waals surface area (Å²) in [5.41, 5.74) is 1.38. The average Bonchev–Trinajstić information content (AvgIpc) is 2.74. The molecule has 1 aliphatic rings. The van der Waals surface area contributed by atoms with Crippen LogP contribution in [0.3, 0.4) is 0 Å². The number of pyridine rings is 1. The molecule has 2 amide bonds. The number of likely N-dealkylation sites (tertiary alicyclic amines) is 1. The zero-order valence-corrected chi connectivity index (χ0v) is 15.8. The van der Waals surface area contributed by atoms with Gasteiger partial charge in [0.25, 0.3) is 5.91 Å². The maximum absolute atomic E-state index is 12.7. The van der Waals surface area contributed by atoms with E-state index in [1.54, 1.807) is 60.6 Å². The fourth-order valence-corrected chi connectivity index (χ4v) is 3.24. The first-order valence-electron chi connectivity index (χ1n) is 9.36. The molecule has 1 fully saturated rings. The number of nitrogens with zero attached hydrogens (tertiary/aromatic N) is 2. The first kappa shape index (κ1) is 19.5. The van der Waals surface area contributed by atoms with E-state index in [1.807, 2.05) is 0 Å². The summed E-state index contributed by atoms with van der Waals surface area (Å²) in [6.45, 7) is 3.03. The fraction of sp³-hybridized carbons (Fsp3) is 0.333. The number of rotatable bonds is 5. The standard InChI is InChI=1S/C21H23N3O4/c1-2-28-21(27)17-5-3-4-6-18(17)23-19(25)15-9-13-24(14-10-15)20(26)16-7-11-22-12-8-16/h3-8,11-12,15H,2,9-10,13-14H2,1H3,(H,23,25). The van der Waals surface area contributed by atoms with Gasteiger partial charge in [-0.2, -0.15) is 0 Å². The Balaban J connectivity index is 1.59. The number of carbonyl (C=O) groups is 3. The number of esters is 1. The van der Waals surface area contributed by atoms with E-state index in [-0.39, 0.29) is 24.3 Å². The van der Waals surface area contributed by atoms with Crippen molar-refractivity contribution in [1.82, 2.24) is 9.88 Å². The number of nitrogens with one attached hydrogen (secondary N) is 1. The molecular weight excluding hydrogens is 358 g/mol. The lowest BCUT2D eigenvalue weighted by Crippen LogP contribution is -2.41. The SMILES string of the molecule is CCOC(=O)c1ccccc1NC(=O)C1CCN(C(=O)c2ccncc2)CC1. The Morgan fingerprint density at radius 2 is 1.79 bits per heavy atom. The summed E-state index contributed by atoms with van der Waals surface area (Å²) in [4.78, 5) is 42.9. The number of hydrogen-bond donors (Lipinski definition) is 1. The number of ether oxygens (including phenoxy) is 1. The van der Waals surface area contributed by atoms with Gasteiger partial charge in [-0.3, -0.25) is 14.6 Å². The molecule has 146 valence electrons. The van der Waals surface area contributed by atoms with Gasteiger partial charge in [-0.15, -0.1) is 0 Å². The molecule has 1 saturated heterocycles. The zero-order chi connectivity index (χ0) is 19.9. The Morgan fingerprint density at radius 3 is 2.46 bits per heavy atom. The number of anilines is 1. The number of benzene rings is 1. The predicted molar refractivity (Wildman–Crippen MR) is 104 cm³/mol. The van der Waals surface area contributed by atoms with Crippen molar-refractivity contribution >= 4 is 23.5 Å². The molecule has 7 heteroatoms. The average molecular weight is 381 g/mol. The first-order valence-corrected chi connectivity index (χ1v) is 9.36. The molecule has 0 bridgehead atoms. The molecule has 0 saturated carbocycles. The Kier molecular flexibility index (Phi) is 6.37. The van der Waals surface area contributed by atoms with Crippen LogP contribution in [0.5, 0.6) is 0 Å². The highest BCUT2D eigenvalue weighted by molar-refractivity contribution is 6.02. The lowest BCUT2D eigenvalue weighted by molar-refractivity contribution is -0.121. The Bertz CT molecular complexity index is 846. The number of para-hydroxylation sites is 1. The Labute approximate surface area is 163 Å². The van der Waals surface area contributed by atoms with Crippen molar-refractivity contribution in [2.45, 2.75) is 19.8 Å². The molecule has 0 spiro atoms. The second-order valence-corrected chi connectivity index (χ2v) is 6.56. The number of hydrogen-bond acceptors (Lipinski definition) is 5. The van der Waals surface area contributed by atoms with Gasteiger partial charge in [-0.05, 0) is 44.0 Å². The summed E-state index contributed by atoms with van der Waals surface area (Å²) in [6.07, 6.45) is 4.33. The van der Waals surface area contributed by atoms with Crippen LogP contribution in [0.2, 0.25) is 0 Å². The summed E-state index contributed by atoms with van der Waals surface area (Å²) in [5, 5.41) is 2.84. The van der Waals surface area contributed by atoms with E-state index in [9.17, 15) is 14.4 Å². The molecule has 28 heavy (non-hydrogen) atoms. The molecule has 7 nitrogen and oxygen atoms in total. The molecule has 2 heterocycles. The fourth-order valence-electron chi connectivity index (χ4n) is 3.24. The highest BCUT2D eigenvalue weighted by Gasteiger charge is 2.28. The summed E-state index contributed by atoms with van der Waals surface area (Å²) in [5.74, 6) is -0.866. The van der Waals surface area contributed by atoms with Crippen LogP contribution in [0.1, 0.15) is 40.5 Å². The normalized spacial score (nSPS) is 14.4. The van der Waals surface area contributed by atoms with Crippen molar-refractivity contribution in [3.8, 4) is 0 Å². The maximum Gasteiger partial charge on any atom is 0.340 e. The largest absolute Gasteiger partial charge is 0.462 e. The number of carbonyl (C=O) groups excluding carboxylic acids is 3. The summed E-state index contributed by atoms with van der Waals surface area (Å²) < 4.78 is 5.04. The van der Waals surface area contributed by atoms with Crippen molar-refractivity contribution < 1.29 is 19.1 Å². The van der Waals surface area contributed by atoms with Crippen molar-refractivity contribution in [3.63, 3.8) is 0 Å². The van der Waals surface area contributed by atoms with E-state index in [2.05, 4.69) is 10.3 Å². The highest BCUT2D eigenvalue weighted by Crippen LogP contribution is 2.23. The van der Waals surface area contributed by atoms with Crippen molar-refractivity contribution in [2.24, 2.45) is 5.92 Å². The van der Waals surface area contributed by atoms with Crippen molar-refractivity contribution in [3.05, 3.63) is 59.9 Å². The van der Waals surface area contributed by atoms with Crippen LogP contribution in [0.15, 0.2) is 48.8 Å². The van der Waals surface area contributed by atoms with Gasteiger partial charge in [0.05, 0.1) is 17.9 Å². The van der Waals surface area contributed by atoms with Gasteiger partial charge in [-0.25, -0.2) is 4.79 Å². The van der Waals surface area contributed by atoms with Gasteiger partial charge >= 0.3 is 5.97 Å². The molecule has 1 N–H and O–H groups in total. The Hall–Kier alpha value is -3.22. The van der Waals surface area contributed by atoms with Gasteiger partial charge in [0, 0.05) is 37.0 Å². The smallest absolute Gasteiger partial charge is 0.340 e. The molecule has 1 aromatic carbocycles. The lowest BCUT2D eigenvalue weighted by atomic mass is 9.95. The molecule has 0 atom stereocenters. The molecule has 0 unspecified atom stereocenters. The summed E-state index contributed by atoms with van der Waals surface area (Å²) in [6, 6.07) is 10.2. The third kappa shape index (κ3) is 4.54. The van der Waals surface area contributed by atoms with Crippen LogP contribution in [0.25, 0.3) is 0 Å². The van der Waals surface area contributed by atoms with Crippen molar-refractivity contribution in [2.75, 3.05) is 25.0 Å². The van der Waals surface area contributed by atoms with Crippen LogP contribution < -0.4 is 5.32 Å². The zero-order valence-electron chi connectivity index (χ0n) is 15.8. The minimum absolute atomic E-state index is 0.0473. The van der Waals surface area contributed by atoms with Gasteiger partial charge in [0.2, 0.25) is 5.91 Å². The predicted octanol–water partition coefficient (Wildman–Crippen LogP) is 2.75. The lowest BCUT2D eigenvalue weighted by Gasteiger charge is -2.31. The quantitative estimate of drug-likeness (QED) is 0.805. The maximum atomic E-state index is 12.7. The molecule has 1 aromatic heterocycles. The van der Waals surface area contributed by atoms with Gasteiger partial charge in [0.1, 0.15) is 0 Å². The van der Waals surface area contributed by atoms with Gasteiger partial charge < -0.3 is 15.0 Å². The molecule has 0 aliphatic carbocycles. The highest BCUT2D eigenvalue weighted by atomic mass is 16.5. The number of aromatic nitrogens is 1. The topological polar surface area (TPSA) is 88.6 Å². The third-order valence-corrected chi connectivity index (χ3v) is 4.76. The van der Waals surface area contributed by atoms with E-state index in [0.29, 0.717) is 42.7 Å². The van der Waals surface area contributed by atoms with Crippen LogP contribution in [0, 0.1) is 5.92 Å². The second kappa shape index (κ2) is 9.12. The molecule has 0 radical (unpaired) electrons. The third-order valence-electron chi connectivity index (χ3n) is 4.76. The van der Waals surface area contributed by atoms with Crippen LogP contribution in [-0.4, -0.2) is 47.4 Å². The number of piperidine rings is 1. The monoisotopic (exact) mass is 381 g/mol. The first-order chi connectivity index (χ1) is 13.6. The van der Waals surface area contributed by atoms with Gasteiger partial charge in [0.15, 0.2) is 0 Å². The minimum atomic E-state index is -0.462. The number of amides is 2. The Morgan fingerprint density at radius 1 is 1.11 bits per heavy atom. The second-order valence-electron chi connectivity index (χ2n) is 6.56. The summed E-state index contributed by atoms with van der Waals surface area (Å²) >= 11 is 0. The van der Waals surface area contributed by atoms with Crippen LogP contribution in [0.4, 0.5) is 5.69 Å². The van der Waals surface area contributed by atoms with E-state index in [0.717, 1.165) is 0 Å². The van der Waals surface area contributed by atoms with E-state index < -0.39 is 5.97 Å². The van der Waals surface area contributed by atoms with E-state index in [1.165, 1.54) is 0 Å². The minimum Gasteiger partial charge on any atom is -0.462 e. The van der Waals surface area contributed by atoms with Crippen LogP contribution in [-0.2, 0) is 9.53 Å². The van der Waals surface area contributed by atoms with E-state index in [4.69, 9.17) is 4.74 Å². The van der Waals surface area contributed by atoms with Crippen LogP contribution >= 0.6 is 0 Å². The molecule has 2 aromatic rings. The molecular formula is C21H23N3O4.